The summed E-state index contributed by atoms with van der Waals surface area (Å²) >= 11 is 0. The van der Waals surface area contributed by atoms with E-state index in [1.807, 2.05) is 24.7 Å². The number of carbonyl (C=O) groups excluding carboxylic acids is 1. The summed E-state index contributed by atoms with van der Waals surface area (Å²) in [5, 5.41) is 8.61. The van der Waals surface area contributed by atoms with Crippen molar-refractivity contribution in [3.8, 4) is 0 Å². The van der Waals surface area contributed by atoms with Crippen LogP contribution in [0.5, 0.6) is 0 Å². The zero-order valence-corrected chi connectivity index (χ0v) is 15.8. The molecule has 1 amide bonds. The monoisotopic (exact) mass is 352 g/mol. The fraction of sp³-hybridized carbons (Fsp3) is 0.667. The molecule has 5 heteroatoms. The van der Waals surface area contributed by atoms with Crippen LogP contribution in [0.1, 0.15) is 72.6 Å². The second-order valence-electron chi connectivity index (χ2n) is 8.76. The number of hydrogen-bond donors (Lipinski definition) is 1. The van der Waals surface area contributed by atoms with Crippen LogP contribution in [0.2, 0.25) is 0 Å². The van der Waals surface area contributed by atoms with Gasteiger partial charge >= 0.3 is 0 Å². The molecular weight excluding hydrogens is 324 g/mol. The molecule has 3 aliphatic rings. The number of hydrogen-bond acceptors (Lipinski definition) is 3. The quantitative estimate of drug-likeness (QED) is 0.892. The van der Waals surface area contributed by atoms with E-state index in [1.54, 1.807) is 0 Å². The van der Waals surface area contributed by atoms with Crippen molar-refractivity contribution in [3.05, 3.63) is 23.0 Å². The number of rotatable bonds is 5. The lowest BCUT2D eigenvalue weighted by atomic mass is 9.86. The standard InChI is InChI=1S/C21H28N4O/c1-12-19-17(11-18(14-5-6-14)23-20(19)25(2)24-12)21(26)22-8-7-16-10-13-3-4-15(16)9-13/h11,13-16H,3-10H2,1-2H3,(H,22,26)/t13-,15-,16+/m0/s1. The summed E-state index contributed by atoms with van der Waals surface area (Å²) < 4.78 is 1.81. The normalized spacial score (nSPS) is 27.4. The van der Waals surface area contributed by atoms with Gasteiger partial charge in [-0.3, -0.25) is 9.48 Å². The summed E-state index contributed by atoms with van der Waals surface area (Å²) in [5.41, 5.74) is 3.54. The van der Waals surface area contributed by atoms with Crippen molar-refractivity contribution in [1.82, 2.24) is 20.1 Å². The van der Waals surface area contributed by atoms with Gasteiger partial charge in [0.1, 0.15) is 0 Å². The van der Waals surface area contributed by atoms with E-state index in [0.717, 1.165) is 58.7 Å². The van der Waals surface area contributed by atoms with Crippen molar-refractivity contribution in [2.75, 3.05) is 6.54 Å². The van der Waals surface area contributed by atoms with Crippen LogP contribution >= 0.6 is 0 Å². The first-order valence-corrected chi connectivity index (χ1v) is 10.2. The Bertz CT molecular complexity index is 867. The second-order valence-corrected chi connectivity index (χ2v) is 8.76. The molecule has 2 heterocycles. The Labute approximate surface area is 154 Å². The van der Waals surface area contributed by atoms with E-state index in [2.05, 4.69) is 10.4 Å². The topological polar surface area (TPSA) is 59.8 Å². The Morgan fingerprint density at radius 1 is 1.27 bits per heavy atom. The lowest BCUT2D eigenvalue weighted by Crippen LogP contribution is -2.27. The molecule has 2 bridgehead atoms. The largest absolute Gasteiger partial charge is 0.352 e. The van der Waals surface area contributed by atoms with Crippen LogP contribution in [0, 0.1) is 24.7 Å². The smallest absolute Gasteiger partial charge is 0.252 e. The molecule has 0 aromatic carbocycles. The lowest BCUT2D eigenvalue weighted by Gasteiger charge is -2.21. The summed E-state index contributed by atoms with van der Waals surface area (Å²) in [5.74, 6) is 3.29. The highest BCUT2D eigenvalue weighted by molar-refractivity contribution is 6.06. The third kappa shape index (κ3) is 2.72. The van der Waals surface area contributed by atoms with E-state index >= 15 is 0 Å². The molecule has 138 valence electrons. The SMILES string of the molecule is Cc1nn(C)c2nc(C3CC3)cc(C(=O)NCC[C@@H]3C[C@H]4CC[C@H]3C4)c12. The van der Waals surface area contributed by atoms with Gasteiger partial charge in [0.25, 0.3) is 5.91 Å². The van der Waals surface area contributed by atoms with Crippen LogP contribution in [0.25, 0.3) is 11.0 Å². The van der Waals surface area contributed by atoms with E-state index in [1.165, 1.54) is 38.5 Å². The molecule has 2 aromatic rings. The first kappa shape index (κ1) is 16.3. The molecule has 2 aromatic heterocycles. The van der Waals surface area contributed by atoms with E-state index < -0.39 is 0 Å². The lowest BCUT2D eigenvalue weighted by molar-refractivity contribution is 0.0951. The fourth-order valence-corrected chi connectivity index (χ4v) is 5.43. The Morgan fingerprint density at radius 3 is 2.81 bits per heavy atom. The van der Waals surface area contributed by atoms with Crippen LogP contribution < -0.4 is 5.32 Å². The molecule has 3 fully saturated rings. The van der Waals surface area contributed by atoms with E-state index in [9.17, 15) is 4.79 Å². The first-order chi connectivity index (χ1) is 12.6. The van der Waals surface area contributed by atoms with Gasteiger partial charge in [-0.25, -0.2) is 4.98 Å². The maximum Gasteiger partial charge on any atom is 0.252 e. The molecule has 1 N–H and O–H groups in total. The highest BCUT2D eigenvalue weighted by Gasteiger charge is 2.38. The summed E-state index contributed by atoms with van der Waals surface area (Å²) in [6.07, 6.45) is 9.15. The number of fused-ring (bicyclic) bond motifs is 3. The number of pyridine rings is 1. The Morgan fingerprint density at radius 2 is 2.12 bits per heavy atom. The van der Waals surface area contributed by atoms with E-state index in [0.29, 0.717) is 5.92 Å². The number of nitrogens with zero attached hydrogens (tertiary/aromatic N) is 3. The Hall–Kier alpha value is -1.91. The molecule has 3 atom stereocenters. The van der Waals surface area contributed by atoms with Crippen LogP contribution in [-0.2, 0) is 7.05 Å². The molecule has 3 saturated carbocycles. The predicted molar refractivity (Wildman–Crippen MR) is 101 cm³/mol. The van der Waals surface area contributed by atoms with Gasteiger partial charge in [-0.05, 0) is 69.3 Å². The third-order valence-corrected chi connectivity index (χ3v) is 6.91. The number of nitrogens with one attached hydrogen (secondary N) is 1. The van der Waals surface area contributed by atoms with Crippen LogP contribution in [0.4, 0.5) is 0 Å². The molecule has 0 spiro atoms. The van der Waals surface area contributed by atoms with Gasteiger partial charge in [0.15, 0.2) is 5.65 Å². The molecule has 3 aliphatic carbocycles. The van der Waals surface area contributed by atoms with Crippen molar-refractivity contribution in [2.45, 2.75) is 57.8 Å². The molecule has 26 heavy (non-hydrogen) atoms. The average molecular weight is 352 g/mol. The zero-order valence-electron chi connectivity index (χ0n) is 15.8. The van der Waals surface area contributed by atoms with Crippen molar-refractivity contribution < 1.29 is 4.79 Å². The summed E-state index contributed by atoms with van der Waals surface area (Å²) in [6, 6.07) is 2.02. The van der Waals surface area contributed by atoms with Gasteiger partial charge in [-0.1, -0.05) is 6.42 Å². The van der Waals surface area contributed by atoms with Crippen molar-refractivity contribution >= 4 is 16.9 Å². The molecule has 5 rings (SSSR count). The summed E-state index contributed by atoms with van der Waals surface area (Å²) in [6.45, 7) is 2.75. The minimum absolute atomic E-state index is 0.0403. The first-order valence-electron chi connectivity index (χ1n) is 10.2. The van der Waals surface area contributed by atoms with Crippen LogP contribution in [-0.4, -0.2) is 27.2 Å². The minimum atomic E-state index is 0.0403. The maximum absolute atomic E-state index is 13.0. The van der Waals surface area contributed by atoms with E-state index in [-0.39, 0.29) is 5.91 Å². The Balaban J connectivity index is 1.34. The molecule has 0 saturated heterocycles. The minimum Gasteiger partial charge on any atom is -0.352 e. The molecule has 0 radical (unpaired) electrons. The fourth-order valence-electron chi connectivity index (χ4n) is 5.43. The van der Waals surface area contributed by atoms with Gasteiger partial charge in [0.2, 0.25) is 0 Å². The molecule has 0 aliphatic heterocycles. The average Bonchev–Trinajstić information content (AvgIpc) is 3.18. The third-order valence-electron chi connectivity index (χ3n) is 6.91. The Kier molecular flexibility index (Phi) is 3.80. The van der Waals surface area contributed by atoms with Gasteiger partial charge in [0.05, 0.1) is 16.6 Å². The number of amides is 1. The molecular formula is C21H28N4O. The second kappa shape index (κ2) is 6.07. The van der Waals surface area contributed by atoms with Crippen molar-refractivity contribution in [2.24, 2.45) is 24.8 Å². The van der Waals surface area contributed by atoms with Gasteiger partial charge < -0.3 is 5.32 Å². The van der Waals surface area contributed by atoms with Gasteiger partial charge in [-0.15, -0.1) is 0 Å². The summed E-state index contributed by atoms with van der Waals surface area (Å²) in [4.78, 5) is 17.8. The van der Waals surface area contributed by atoms with Crippen LogP contribution in [0.15, 0.2) is 6.07 Å². The van der Waals surface area contributed by atoms with Crippen molar-refractivity contribution in [3.63, 3.8) is 0 Å². The van der Waals surface area contributed by atoms with Gasteiger partial charge in [-0.2, -0.15) is 5.10 Å². The van der Waals surface area contributed by atoms with Crippen molar-refractivity contribution in [1.29, 1.82) is 0 Å². The number of carbonyl (C=O) groups is 1. The zero-order chi connectivity index (χ0) is 17.8. The maximum atomic E-state index is 13.0. The van der Waals surface area contributed by atoms with Gasteiger partial charge in [0, 0.05) is 25.2 Å². The highest BCUT2D eigenvalue weighted by atomic mass is 16.1. The number of aryl methyl sites for hydroxylation is 2. The van der Waals surface area contributed by atoms with E-state index in [4.69, 9.17) is 4.98 Å². The number of aromatic nitrogens is 3. The molecule has 0 unspecified atom stereocenters. The highest BCUT2D eigenvalue weighted by Crippen LogP contribution is 2.49. The van der Waals surface area contributed by atoms with Crippen LogP contribution in [0.3, 0.4) is 0 Å². The predicted octanol–water partition coefficient (Wildman–Crippen LogP) is 3.71. The summed E-state index contributed by atoms with van der Waals surface area (Å²) in [7, 11) is 1.91. The molecule has 5 nitrogen and oxygen atoms in total.